The standard InChI is InChI=1S/C21H29N5O/c1-23-11-9-21(8-7-20(23)27)16-25(14-13-24(21)2)15-18-3-5-19(6-4-18)26-12-10-22-17-26/h3-6,10,12,17H,7-9,11,13-16H2,1-2H3. The highest BCUT2D eigenvalue weighted by Crippen LogP contribution is 2.32. The van der Waals surface area contributed by atoms with E-state index in [0.29, 0.717) is 6.42 Å². The van der Waals surface area contributed by atoms with Crippen molar-refractivity contribution in [2.75, 3.05) is 40.3 Å². The first-order valence-electron chi connectivity index (χ1n) is 9.81. The van der Waals surface area contributed by atoms with E-state index in [2.05, 4.69) is 46.1 Å². The lowest BCUT2D eigenvalue weighted by Crippen LogP contribution is -2.60. The molecule has 0 bridgehead atoms. The molecule has 0 radical (unpaired) electrons. The summed E-state index contributed by atoms with van der Waals surface area (Å²) in [6.07, 6.45) is 8.26. The van der Waals surface area contributed by atoms with Crippen LogP contribution in [0.5, 0.6) is 0 Å². The molecule has 2 aromatic rings. The van der Waals surface area contributed by atoms with Gasteiger partial charge in [0.1, 0.15) is 0 Å². The van der Waals surface area contributed by atoms with Crippen molar-refractivity contribution >= 4 is 5.91 Å². The maximum absolute atomic E-state index is 12.1. The summed E-state index contributed by atoms with van der Waals surface area (Å²) in [5, 5.41) is 0. The van der Waals surface area contributed by atoms with Gasteiger partial charge >= 0.3 is 0 Å². The van der Waals surface area contributed by atoms with Crippen LogP contribution in [0.25, 0.3) is 5.69 Å². The molecule has 1 atom stereocenters. The summed E-state index contributed by atoms with van der Waals surface area (Å²) in [5.41, 5.74) is 2.59. The van der Waals surface area contributed by atoms with Crippen molar-refractivity contribution in [2.24, 2.45) is 0 Å². The van der Waals surface area contributed by atoms with Gasteiger partial charge in [0, 0.05) is 69.8 Å². The molecule has 6 nitrogen and oxygen atoms in total. The van der Waals surface area contributed by atoms with Gasteiger partial charge in [-0.05, 0) is 37.6 Å². The Morgan fingerprint density at radius 3 is 2.63 bits per heavy atom. The summed E-state index contributed by atoms with van der Waals surface area (Å²) >= 11 is 0. The van der Waals surface area contributed by atoms with Gasteiger partial charge in [0.15, 0.2) is 0 Å². The number of nitrogens with zero attached hydrogens (tertiary/aromatic N) is 5. The lowest BCUT2D eigenvalue weighted by atomic mass is 9.86. The van der Waals surface area contributed by atoms with E-state index >= 15 is 0 Å². The maximum atomic E-state index is 12.1. The van der Waals surface area contributed by atoms with E-state index in [1.54, 1.807) is 6.20 Å². The second kappa shape index (κ2) is 7.44. The molecule has 0 aliphatic carbocycles. The molecule has 2 fully saturated rings. The van der Waals surface area contributed by atoms with Gasteiger partial charge < -0.3 is 9.47 Å². The number of amides is 1. The van der Waals surface area contributed by atoms with Crippen LogP contribution in [0, 0.1) is 0 Å². The average Bonchev–Trinajstić information content (AvgIpc) is 3.18. The fourth-order valence-electron chi connectivity index (χ4n) is 4.42. The summed E-state index contributed by atoms with van der Waals surface area (Å²) in [5.74, 6) is 0.285. The molecule has 1 amide bonds. The highest BCUT2D eigenvalue weighted by atomic mass is 16.2. The fourth-order valence-corrected chi connectivity index (χ4v) is 4.42. The molecular formula is C21H29N5O. The van der Waals surface area contributed by atoms with Crippen LogP contribution >= 0.6 is 0 Å². The van der Waals surface area contributed by atoms with Crippen molar-refractivity contribution in [2.45, 2.75) is 31.3 Å². The minimum Gasteiger partial charge on any atom is -0.346 e. The molecular weight excluding hydrogens is 338 g/mol. The summed E-state index contributed by atoms with van der Waals surface area (Å²) in [6, 6.07) is 8.74. The van der Waals surface area contributed by atoms with Gasteiger partial charge in [0.2, 0.25) is 5.91 Å². The number of hydrogen-bond donors (Lipinski definition) is 0. The minimum absolute atomic E-state index is 0.120. The van der Waals surface area contributed by atoms with Gasteiger partial charge in [0.05, 0.1) is 6.33 Å². The second-order valence-corrected chi connectivity index (χ2v) is 8.06. The zero-order chi connectivity index (χ0) is 18.9. The quantitative estimate of drug-likeness (QED) is 0.832. The van der Waals surface area contributed by atoms with Crippen molar-refractivity contribution in [3.63, 3.8) is 0 Å². The molecule has 144 valence electrons. The number of aromatic nitrogens is 2. The Labute approximate surface area is 161 Å². The number of carbonyl (C=O) groups excluding carboxylic acids is 1. The van der Waals surface area contributed by atoms with Crippen LogP contribution in [-0.4, -0.2) is 76.0 Å². The first-order chi connectivity index (χ1) is 13.1. The van der Waals surface area contributed by atoms with Gasteiger partial charge in [-0.15, -0.1) is 0 Å². The molecule has 0 saturated carbocycles. The maximum Gasteiger partial charge on any atom is 0.222 e. The molecule has 2 saturated heterocycles. The number of hydrogen-bond acceptors (Lipinski definition) is 4. The van der Waals surface area contributed by atoms with Gasteiger partial charge in [-0.2, -0.15) is 0 Å². The number of imidazole rings is 1. The number of rotatable bonds is 3. The largest absolute Gasteiger partial charge is 0.346 e. The molecule has 3 heterocycles. The van der Waals surface area contributed by atoms with Crippen molar-refractivity contribution in [3.8, 4) is 5.69 Å². The first kappa shape index (κ1) is 18.2. The van der Waals surface area contributed by atoms with Gasteiger partial charge in [-0.25, -0.2) is 4.98 Å². The summed E-state index contributed by atoms with van der Waals surface area (Å²) in [4.78, 5) is 23.2. The van der Waals surface area contributed by atoms with E-state index < -0.39 is 0 Å². The molecule has 2 aliphatic rings. The highest BCUT2D eigenvalue weighted by Gasteiger charge is 2.41. The predicted molar refractivity (Wildman–Crippen MR) is 106 cm³/mol. The van der Waals surface area contributed by atoms with Crippen LogP contribution < -0.4 is 0 Å². The van der Waals surface area contributed by atoms with Gasteiger partial charge in [-0.3, -0.25) is 14.6 Å². The summed E-state index contributed by atoms with van der Waals surface area (Å²) in [7, 11) is 4.16. The van der Waals surface area contributed by atoms with E-state index in [1.807, 2.05) is 29.0 Å². The van der Waals surface area contributed by atoms with Crippen molar-refractivity contribution in [1.82, 2.24) is 24.3 Å². The third-order valence-corrected chi connectivity index (χ3v) is 6.37. The van der Waals surface area contributed by atoms with E-state index in [1.165, 1.54) is 5.56 Å². The topological polar surface area (TPSA) is 44.6 Å². The van der Waals surface area contributed by atoms with Crippen molar-refractivity contribution in [1.29, 1.82) is 0 Å². The molecule has 27 heavy (non-hydrogen) atoms. The normalized spacial score (nSPS) is 25.1. The lowest BCUT2D eigenvalue weighted by molar-refractivity contribution is -0.129. The SMILES string of the molecule is CN1CCC2(CCC1=O)CN(Cc1ccc(-n3ccnc3)cc1)CCN2C. The molecule has 1 unspecified atom stereocenters. The first-order valence-corrected chi connectivity index (χ1v) is 9.81. The Hall–Kier alpha value is -2.18. The molecule has 6 heteroatoms. The van der Waals surface area contributed by atoms with Crippen molar-refractivity contribution < 1.29 is 4.79 Å². The molecule has 4 rings (SSSR count). The Balaban J connectivity index is 1.44. The van der Waals surface area contributed by atoms with E-state index in [-0.39, 0.29) is 11.4 Å². The van der Waals surface area contributed by atoms with Crippen LogP contribution in [0.4, 0.5) is 0 Å². The highest BCUT2D eigenvalue weighted by molar-refractivity contribution is 5.76. The molecule has 2 aliphatic heterocycles. The minimum atomic E-state index is 0.120. The van der Waals surface area contributed by atoms with Gasteiger partial charge in [0.25, 0.3) is 0 Å². The summed E-state index contributed by atoms with van der Waals surface area (Å²) in [6.45, 7) is 4.99. The van der Waals surface area contributed by atoms with E-state index in [0.717, 1.165) is 51.3 Å². The van der Waals surface area contributed by atoms with Crippen LogP contribution in [0.15, 0.2) is 43.0 Å². The predicted octanol–water partition coefficient (Wildman–Crippen LogP) is 2.00. The third kappa shape index (κ3) is 3.77. The second-order valence-electron chi connectivity index (χ2n) is 8.06. The number of carbonyl (C=O) groups is 1. The van der Waals surface area contributed by atoms with Crippen molar-refractivity contribution in [3.05, 3.63) is 48.5 Å². The van der Waals surface area contributed by atoms with Crippen LogP contribution in [0.3, 0.4) is 0 Å². The number of likely N-dealkylation sites (tertiary alicyclic amines) is 1. The zero-order valence-corrected chi connectivity index (χ0v) is 16.3. The van der Waals surface area contributed by atoms with E-state index in [4.69, 9.17) is 0 Å². The Morgan fingerprint density at radius 2 is 1.89 bits per heavy atom. The Kier molecular flexibility index (Phi) is 5.02. The molecule has 1 aromatic carbocycles. The lowest BCUT2D eigenvalue weighted by Gasteiger charge is -2.49. The smallest absolute Gasteiger partial charge is 0.222 e. The Bertz CT molecular complexity index is 772. The number of benzene rings is 1. The monoisotopic (exact) mass is 367 g/mol. The van der Waals surface area contributed by atoms with Crippen LogP contribution in [0.2, 0.25) is 0 Å². The van der Waals surface area contributed by atoms with Crippen LogP contribution in [-0.2, 0) is 11.3 Å². The Morgan fingerprint density at radius 1 is 1.07 bits per heavy atom. The third-order valence-electron chi connectivity index (χ3n) is 6.37. The number of likely N-dealkylation sites (N-methyl/N-ethyl adjacent to an activating group) is 1. The number of piperazine rings is 1. The van der Waals surface area contributed by atoms with E-state index in [9.17, 15) is 4.79 Å². The van der Waals surface area contributed by atoms with Gasteiger partial charge in [-0.1, -0.05) is 12.1 Å². The average molecular weight is 367 g/mol. The van der Waals surface area contributed by atoms with Crippen LogP contribution in [0.1, 0.15) is 24.8 Å². The summed E-state index contributed by atoms with van der Waals surface area (Å²) < 4.78 is 2.02. The molecule has 0 N–H and O–H groups in total. The zero-order valence-electron chi connectivity index (χ0n) is 16.3. The fraction of sp³-hybridized carbons (Fsp3) is 0.524. The molecule has 1 spiro atoms. The molecule has 1 aromatic heterocycles.